The molecule has 0 saturated heterocycles. The van der Waals surface area contributed by atoms with Gasteiger partial charge in [0.25, 0.3) is 0 Å². The van der Waals surface area contributed by atoms with Gasteiger partial charge in [-0.2, -0.15) is 13.2 Å². The lowest BCUT2D eigenvalue weighted by Gasteiger charge is -2.07. The Labute approximate surface area is 167 Å². The summed E-state index contributed by atoms with van der Waals surface area (Å²) in [6, 6.07) is 7.18. The van der Waals surface area contributed by atoms with Crippen molar-refractivity contribution in [2.75, 3.05) is 6.26 Å². The molecule has 28 heavy (non-hydrogen) atoms. The minimum atomic E-state index is -4.04. The van der Waals surface area contributed by atoms with Crippen LogP contribution >= 0.6 is 0 Å². The van der Waals surface area contributed by atoms with E-state index in [1.807, 2.05) is 12.1 Å². The normalized spacial score (nSPS) is 13.0. The van der Waals surface area contributed by atoms with E-state index in [2.05, 4.69) is 32.1 Å². The second-order valence-corrected chi connectivity index (χ2v) is 8.33. The van der Waals surface area contributed by atoms with Crippen molar-refractivity contribution in [3.05, 3.63) is 60.2 Å². The zero-order chi connectivity index (χ0) is 21.6. The van der Waals surface area contributed by atoms with Gasteiger partial charge in [0.1, 0.15) is 0 Å². The molecule has 0 aliphatic heterocycles. The third-order valence-electron chi connectivity index (χ3n) is 3.71. The molecule has 0 N–H and O–H groups in total. The third-order valence-corrected chi connectivity index (χ3v) is 4.84. The molecule has 0 saturated carbocycles. The van der Waals surface area contributed by atoms with Crippen LogP contribution < -0.4 is 0 Å². The first-order valence-corrected chi connectivity index (χ1v) is 11.3. The summed E-state index contributed by atoms with van der Waals surface area (Å²) >= 11 is 0. The predicted molar refractivity (Wildman–Crippen MR) is 112 cm³/mol. The van der Waals surface area contributed by atoms with Crippen molar-refractivity contribution < 1.29 is 21.6 Å². The highest BCUT2D eigenvalue weighted by Gasteiger charge is 2.24. The van der Waals surface area contributed by atoms with Crippen LogP contribution in [-0.4, -0.2) is 20.8 Å². The average Bonchev–Trinajstić information content (AvgIpc) is 2.62. The van der Waals surface area contributed by atoms with Crippen LogP contribution in [0, 0.1) is 0 Å². The maximum atomic E-state index is 11.5. The first-order valence-electron chi connectivity index (χ1n) is 9.39. The number of halogens is 3. The molecule has 0 aromatic heterocycles. The Hall–Kier alpha value is -1.82. The van der Waals surface area contributed by atoms with Gasteiger partial charge in [-0.05, 0) is 49.5 Å². The smallest absolute Gasteiger partial charge is 0.224 e. The van der Waals surface area contributed by atoms with E-state index >= 15 is 0 Å². The highest BCUT2D eigenvalue weighted by atomic mass is 32.2. The van der Waals surface area contributed by atoms with Gasteiger partial charge in [0, 0.05) is 6.26 Å². The highest BCUT2D eigenvalue weighted by Crippen LogP contribution is 2.23. The van der Waals surface area contributed by atoms with E-state index in [0.29, 0.717) is 4.90 Å². The Bertz CT molecular complexity index is 741. The summed E-state index contributed by atoms with van der Waals surface area (Å²) in [5, 5.41) is 0. The third kappa shape index (κ3) is 12.5. The van der Waals surface area contributed by atoms with Crippen LogP contribution in [0.3, 0.4) is 0 Å². The summed E-state index contributed by atoms with van der Waals surface area (Å²) in [5.41, 5.74) is 2.36. The van der Waals surface area contributed by atoms with E-state index in [0.717, 1.165) is 37.3 Å². The van der Waals surface area contributed by atoms with Crippen LogP contribution in [0.25, 0.3) is 5.57 Å². The molecule has 0 radical (unpaired) electrons. The van der Waals surface area contributed by atoms with Crippen LogP contribution in [0.2, 0.25) is 0 Å². The lowest BCUT2D eigenvalue weighted by atomic mass is 10.00. The lowest BCUT2D eigenvalue weighted by Crippen LogP contribution is -2.03. The topological polar surface area (TPSA) is 34.1 Å². The Morgan fingerprint density at radius 1 is 1.07 bits per heavy atom. The van der Waals surface area contributed by atoms with E-state index in [4.69, 9.17) is 0 Å². The molecule has 1 rings (SSSR count). The Balaban J connectivity index is 0.000000769. The number of hydrogen-bond donors (Lipinski definition) is 0. The van der Waals surface area contributed by atoms with E-state index < -0.39 is 22.4 Å². The number of hydrogen-bond acceptors (Lipinski definition) is 2. The van der Waals surface area contributed by atoms with E-state index in [-0.39, 0.29) is 0 Å². The Morgan fingerprint density at radius 2 is 1.68 bits per heavy atom. The van der Waals surface area contributed by atoms with Gasteiger partial charge in [0.05, 0.1) is 11.3 Å². The second kappa shape index (κ2) is 13.4. The summed E-state index contributed by atoms with van der Waals surface area (Å²) in [4.78, 5) is 0.375. The van der Waals surface area contributed by atoms with Gasteiger partial charge < -0.3 is 0 Å². The van der Waals surface area contributed by atoms with Crippen molar-refractivity contribution in [2.24, 2.45) is 0 Å². The molecule has 0 aliphatic carbocycles. The molecule has 0 spiro atoms. The van der Waals surface area contributed by atoms with Gasteiger partial charge in [-0.3, -0.25) is 0 Å². The SMILES string of the molecule is C/C=C\CC(F)(F)F.CC/C=C/C=C(/CCCC)c1ccc(S(C)(=O)=O)cc1. The van der Waals surface area contributed by atoms with Crippen molar-refractivity contribution >= 4 is 15.4 Å². The fraction of sp³-hybridized carbons (Fsp3) is 0.455. The lowest BCUT2D eigenvalue weighted by molar-refractivity contribution is -0.125. The molecule has 2 nitrogen and oxygen atoms in total. The van der Waals surface area contributed by atoms with Gasteiger partial charge in [-0.1, -0.05) is 62.8 Å². The maximum Gasteiger partial charge on any atom is 0.392 e. The Kier molecular flexibility index (Phi) is 12.5. The first-order chi connectivity index (χ1) is 13.0. The maximum absolute atomic E-state index is 11.5. The number of sulfone groups is 1. The number of unbranched alkanes of at least 4 members (excludes halogenated alkanes) is 1. The summed E-state index contributed by atoms with van der Waals surface area (Å²) in [7, 11) is -3.12. The van der Waals surface area contributed by atoms with Gasteiger partial charge in [0.15, 0.2) is 9.84 Å². The molecule has 0 aliphatic rings. The van der Waals surface area contributed by atoms with E-state index in [1.165, 1.54) is 17.9 Å². The van der Waals surface area contributed by atoms with Crippen molar-refractivity contribution in [1.82, 2.24) is 0 Å². The van der Waals surface area contributed by atoms with Crippen LogP contribution in [0.1, 0.15) is 58.4 Å². The number of benzene rings is 1. The van der Waals surface area contributed by atoms with E-state index in [1.54, 1.807) is 19.1 Å². The minimum absolute atomic E-state index is 0.375. The average molecular weight is 417 g/mol. The summed E-state index contributed by atoms with van der Waals surface area (Å²) in [6.45, 7) is 5.84. The van der Waals surface area contributed by atoms with Gasteiger partial charge in [0.2, 0.25) is 0 Å². The van der Waals surface area contributed by atoms with E-state index in [9.17, 15) is 21.6 Å². The molecule has 1 aromatic rings. The molecule has 0 fully saturated rings. The molecular weight excluding hydrogens is 385 g/mol. The zero-order valence-electron chi connectivity index (χ0n) is 17.1. The van der Waals surface area contributed by atoms with Gasteiger partial charge >= 0.3 is 6.18 Å². The predicted octanol–water partition coefficient (Wildman–Crippen LogP) is 7.14. The molecule has 0 atom stereocenters. The molecule has 0 heterocycles. The van der Waals surface area contributed by atoms with Gasteiger partial charge in [-0.15, -0.1) is 0 Å². The van der Waals surface area contributed by atoms with Crippen molar-refractivity contribution in [2.45, 2.75) is 63.9 Å². The minimum Gasteiger partial charge on any atom is -0.224 e. The molecule has 0 amide bonds. The molecule has 6 heteroatoms. The van der Waals surface area contributed by atoms with Crippen molar-refractivity contribution in [3.63, 3.8) is 0 Å². The summed E-state index contributed by atoms with van der Waals surface area (Å²) in [6.07, 6.45) is 9.51. The zero-order valence-corrected chi connectivity index (χ0v) is 17.9. The van der Waals surface area contributed by atoms with Crippen LogP contribution in [0.5, 0.6) is 0 Å². The number of alkyl halides is 3. The standard InChI is InChI=1S/C17H24O2S.C5H7F3/c1-4-6-8-10-15(9-7-5-2)16-11-13-17(14-12-16)20(3,18)19;1-2-3-4-5(6,7)8/h6,8,10-14H,4-5,7,9H2,1-3H3;2-3H,4H2,1H3/b8-6+,15-10-;3-2-. The fourth-order valence-corrected chi connectivity index (χ4v) is 2.81. The van der Waals surface area contributed by atoms with Crippen LogP contribution in [0.4, 0.5) is 13.2 Å². The molecule has 0 unspecified atom stereocenters. The van der Waals surface area contributed by atoms with Gasteiger partial charge in [-0.25, -0.2) is 8.42 Å². The highest BCUT2D eigenvalue weighted by molar-refractivity contribution is 7.90. The fourth-order valence-electron chi connectivity index (χ4n) is 2.18. The quantitative estimate of drug-likeness (QED) is 0.333. The van der Waals surface area contributed by atoms with Crippen molar-refractivity contribution in [3.8, 4) is 0 Å². The number of rotatable bonds is 8. The number of allylic oxidation sites excluding steroid dienone is 6. The second-order valence-electron chi connectivity index (χ2n) is 6.32. The molecule has 0 bridgehead atoms. The monoisotopic (exact) mass is 416 g/mol. The Morgan fingerprint density at radius 3 is 2.07 bits per heavy atom. The molecule has 1 aromatic carbocycles. The van der Waals surface area contributed by atoms with Crippen molar-refractivity contribution in [1.29, 1.82) is 0 Å². The summed E-state index contributed by atoms with van der Waals surface area (Å²) in [5.74, 6) is 0. The first kappa shape index (κ1) is 26.2. The summed E-state index contributed by atoms with van der Waals surface area (Å²) < 4.78 is 56.5. The van der Waals surface area contributed by atoms with Crippen LogP contribution in [-0.2, 0) is 9.84 Å². The van der Waals surface area contributed by atoms with Crippen LogP contribution in [0.15, 0.2) is 59.5 Å². The molecular formula is C22H31F3O2S. The largest absolute Gasteiger partial charge is 0.392 e. The molecule has 158 valence electrons.